The van der Waals surface area contributed by atoms with Crippen molar-refractivity contribution in [3.8, 4) is 11.5 Å². The van der Waals surface area contributed by atoms with Gasteiger partial charge in [0.2, 0.25) is 0 Å². The van der Waals surface area contributed by atoms with Gasteiger partial charge in [-0.25, -0.2) is 4.79 Å². The Morgan fingerprint density at radius 2 is 2.12 bits per heavy atom. The molecule has 0 radical (unpaired) electrons. The number of rotatable bonds is 6. The van der Waals surface area contributed by atoms with Crippen molar-refractivity contribution >= 4 is 28.6 Å². The predicted octanol–water partition coefficient (Wildman–Crippen LogP) is 2.75. The SMILES string of the molecule is CC(=O)OOc1cccc(OCCCI)c1. The van der Waals surface area contributed by atoms with E-state index in [1.807, 2.05) is 6.07 Å². The average molecular weight is 336 g/mol. The minimum Gasteiger partial charge on any atom is -0.493 e. The smallest absolute Gasteiger partial charge is 0.352 e. The molecular formula is C11H13IO4. The standard InChI is InChI=1S/C11H13IO4/c1-9(13)15-16-11-5-2-4-10(8-11)14-7-3-6-12/h2,4-5,8H,3,6-7H2,1H3. The van der Waals surface area contributed by atoms with Crippen molar-refractivity contribution in [2.24, 2.45) is 0 Å². The summed E-state index contributed by atoms with van der Waals surface area (Å²) >= 11 is 2.30. The summed E-state index contributed by atoms with van der Waals surface area (Å²) in [6.45, 7) is 1.95. The van der Waals surface area contributed by atoms with Crippen LogP contribution in [0.15, 0.2) is 24.3 Å². The predicted molar refractivity (Wildman–Crippen MR) is 67.8 cm³/mol. The summed E-state index contributed by atoms with van der Waals surface area (Å²) < 4.78 is 6.53. The van der Waals surface area contributed by atoms with Gasteiger partial charge in [-0.15, -0.1) is 0 Å². The Kier molecular flexibility index (Phi) is 5.99. The molecule has 0 amide bonds. The summed E-state index contributed by atoms with van der Waals surface area (Å²) in [5.74, 6) is 0.660. The van der Waals surface area contributed by atoms with Crippen LogP contribution >= 0.6 is 22.6 Å². The van der Waals surface area contributed by atoms with E-state index in [9.17, 15) is 4.79 Å². The fourth-order valence-electron chi connectivity index (χ4n) is 0.967. The van der Waals surface area contributed by atoms with Gasteiger partial charge in [0, 0.05) is 17.4 Å². The van der Waals surface area contributed by atoms with Gasteiger partial charge >= 0.3 is 5.97 Å². The number of halogens is 1. The number of benzene rings is 1. The van der Waals surface area contributed by atoms with Crippen LogP contribution in [0.3, 0.4) is 0 Å². The lowest BCUT2D eigenvalue weighted by Crippen LogP contribution is -2.03. The molecule has 0 fully saturated rings. The Hall–Kier alpha value is -0.980. The summed E-state index contributed by atoms with van der Waals surface area (Å²) in [6, 6.07) is 6.97. The van der Waals surface area contributed by atoms with Crippen molar-refractivity contribution in [3.05, 3.63) is 24.3 Å². The van der Waals surface area contributed by atoms with Gasteiger partial charge in [-0.05, 0) is 18.6 Å². The highest BCUT2D eigenvalue weighted by atomic mass is 127. The molecule has 1 aromatic rings. The second kappa shape index (κ2) is 7.32. The lowest BCUT2D eigenvalue weighted by molar-refractivity contribution is -0.210. The molecule has 0 N–H and O–H groups in total. The zero-order valence-corrected chi connectivity index (χ0v) is 11.1. The third-order valence-corrected chi connectivity index (χ3v) is 2.37. The normalized spacial score (nSPS) is 9.62. The number of hydrogen-bond acceptors (Lipinski definition) is 4. The first-order chi connectivity index (χ1) is 7.72. The molecule has 0 spiro atoms. The highest BCUT2D eigenvalue weighted by Gasteiger charge is 2.00. The second-order valence-corrected chi connectivity index (χ2v) is 4.10. The Labute approximate surface area is 108 Å². The number of carbonyl (C=O) groups is 1. The van der Waals surface area contributed by atoms with Gasteiger partial charge in [-0.1, -0.05) is 28.7 Å². The highest BCUT2D eigenvalue weighted by Crippen LogP contribution is 2.19. The van der Waals surface area contributed by atoms with E-state index in [1.54, 1.807) is 18.2 Å². The summed E-state index contributed by atoms with van der Waals surface area (Å²) in [6.07, 6.45) is 0.996. The highest BCUT2D eigenvalue weighted by molar-refractivity contribution is 14.1. The van der Waals surface area contributed by atoms with Crippen LogP contribution < -0.4 is 9.62 Å². The van der Waals surface area contributed by atoms with Gasteiger partial charge in [0.05, 0.1) is 6.61 Å². The average Bonchev–Trinajstić information content (AvgIpc) is 2.27. The molecule has 16 heavy (non-hydrogen) atoms. The molecule has 0 aromatic heterocycles. The number of hydrogen-bond donors (Lipinski definition) is 0. The third-order valence-electron chi connectivity index (χ3n) is 1.61. The molecule has 0 aliphatic carbocycles. The first-order valence-electron chi connectivity index (χ1n) is 4.86. The van der Waals surface area contributed by atoms with Gasteiger partial charge in [0.15, 0.2) is 5.75 Å². The minimum absolute atomic E-state index is 0.446. The minimum atomic E-state index is -0.490. The number of carbonyl (C=O) groups excluding carboxylic acids is 1. The molecular weight excluding hydrogens is 323 g/mol. The molecule has 0 heterocycles. The van der Waals surface area contributed by atoms with E-state index in [2.05, 4.69) is 27.5 Å². The van der Waals surface area contributed by atoms with Gasteiger partial charge in [-0.3, -0.25) is 9.78 Å². The van der Waals surface area contributed by atoms with Crippen molar-refractivity contribution in [3.63, 3.8) is 0 Å². The van der Waals surface area contributed by atoms with E-state index in [-0.39, 0.29) is 0 Å². The van der Waals surface area contributed by atoms with Crippen LogP contribution in [0.25, 0.3) is 0 Å². The van der Waals surface area contributed by atoms with Crippen molar-refractivity contribution in [2.75, 3.05) is 11.0 Å². The van der Waals surface area contributed by atoms with E-state index in [4.69, 9.17) is 9.62 Å². The van der Waals surface area contributed by atoms with Crippen LogP contribution in [-0.4, -0.2) is 17.0 Å². The lowest BCUT2D eigenvalue weighted by atomic mass is 10.3. The van der Waals surface area contributed by atoms with Crippen LogP contribution in [0.5, 0.6) is 11.5 Å². The van der Waals surface area contributed by atoms with Crippen LogP contribution in [0.1, 0.15) is 13.3 Å². The monoisotopic (exact) mass is 336 g/mol. The molecule has 0 atom stereocenters. The Morgan fingerprint density at radius 3 is 2.81 bits per heavy atom. The van der Waals surface area contributed by atoms with Crippen LogP contribution in [0.4, 0.5) is 0 Å². The quantitative estimate of drug-likeness (QED) is 0.263. The lowest BCUT2D eigenvalue weighted by Gasteiger charge is -2.06. The fraction of sp³-hybridized carbons (Fsp3) is 0.364. The molecule has 0 unspecified atom stereocenters. The van der Waals surface area contributed by atoms with Gasteiger partial charge in [0.1, 0.15) is 5.75 Å². The van der Waals surface area contributed by atoms with Gasteiger partial charge < -0.3 is 4.74 Å². The largest absolute Gasteiger partial charge is 0.493 e. The summed E-state index contributed by atoms with van der Waals surface area (Å²) in [5, 5.41) is 0. The fourth-order valence-corrected chi connectivity index (χ4v) is 1.28. The van der Waals surface area contributed by atoms with Crippen LogP contribution in [0.2, 0.25) is 0 Å². The van der Waals surface area contributed by atoms with E-state index in [1.165, 1.54) is 6.92 Å². The molecule has 0 aliphatic rings. The van der Waals surface area contributed by atoms with Crippen LogP contribution in [-0.2, 0) is 9.68 Å². The molecule has 5 heteroatoms. The maximum absolute atomic E-state index is 10.5. The second-order valence-electron chi connectivity index (χ2n) is 3.02. The van der Waals surface area contributed by atoms with Crippen molar-refractivity contribution in [1.29, 1.82) is 0 Å². The third kappa shape index (κ3) is 5.20. The Bertz CT molecular complexity index is 341. The zero-order chi connectivity index (χ0) is 11.8. The summed E-state index contributed by atoms with van der Waals surface area (Å²) in [5.41, 5.74) is 0. The van der Waals surface area contributed by atoms with E-state index in [0.29, 0.717) is 18.1 Å². The molecule has 1 rings (SSSR count). The van der Waals surface area contributed by atoms with Crippen molar-refractivity contribution in [2.45, 2.75) is 13.3 Å². The Morgan fingerprint density at radius 1 is 1.38 bits per heavy atom. The van der Waals surface area contributed by atoms with E-state index in [0.717, 1.165) is 10.8 Å². The maximum Gasteiger partial charge on any atom is 0.352 e. The number of alkyl halides is 1. The molecule has 0 bridgehead atoms. The van der Waals surface area contributed by atoms with Gasteiger partial charge in [-0.2, -0.15) is 0 Å². The molecule has 1 aromatic carbocycles. The van der Waals surface area contributed by atoms with Gasteiger partial charge in [0.25, 0.3) is 0 Å². The van der Waals surface area contributed by atoms with Crippen molar-refractivity contribution < 1.29 is 19.3 Å². The van der Waals surface area contributed by atoms with Crippen LogP contribution in [0, 0.1) is 0 Å². The maximum atomic E-state index is 10.5. The summed E-state index contributed by atoms with van der Waals surface area (Å²) in [7, 11) is 0. The molecule has 0 saturated heterocycles. The Balaban J connectivity index is 2.46. The van der Waals surface area contributed by atoms with E-state index >= 15 is 0 Å². The topological polar surface area (TPSA) is 44.8 Å². The first kappa shape index (κ1) is 13.1. The van der Waals surface area contributed by atoms with Crippen molar-refractivity contribution in [1.82, 2.24) is 0 Å². The van der Waals surface area contributed by atoms with E-state index < -0.39 is 5.97 Å². The first-order valence-corrected chi connectivity index (χ1v) is 6.39. The zero-order valence-electron chi connectivity index (χ0n) is 8.94. The molecule has 88 valence electrons. The summed E-state index contributed by atoms with van der Waals surface area (Å²) in [4.78, 5) is 19.7. The molecule has 4 nitrogen and oxygen atoms in total. The number of ether oxygens (including phenoxy) is 1. The molecule has 0 saturated carbocycles. The molecule has 0 aliphatic heterocycles.